The molecule has 0 bridgehead atoms. The van der Waals surface area contributed by atoms with Gasteiger partial charge in [0.05, 0.1) is 5.75 Å². The van der Waals surface area contributed by atoms with Gasteiger partial charge in [-0.2, -0.15) is 0 Å². The van der Waals surface area contributed by atoms with E-state index in [4.69, 9.17) is 0 Å². The van der Waals surface area contributed by atoms with Crippen LogP contribution in [0.3, 0.4) is 0 Å². The van der Waals surface area contributed by atoms with E-state index < -0.39 is 10.0 Å². The summed E-state index contributed by atoms with van der Waals surface area (Å²) in [4.78, 5) is 4.37. The first kappa shape index (κ1) is 16.9. The van der Waals surface area contributed by atoms with E-state index in [0.717, 1.165) is 22.6 Å². The Labute approximate surface area is 151 Å². The Hall–Kier alpha value is -2.52. The zero-order valence-electron chi connectivity index (χ0n) is 14.4. The summed E-state index contributed by atoms with van der Waals surface area (Å²) in [6, 6.07) is 7.46. The highest BCUT2D eigenvalue weighted by atomic mass is 32.2. The Morgan fingerprint density at radius 2 is 1.88 bits per heavy atom. The molecule has 0 amide bonds. The third-order valence-electron chi connectivity index (χ3n) is 4.45. The number of benzene rings is 1. The van der Waals surface area contributed by atoms with Crippen molar-refractivity contribution >= 4 is 21.5 Å². The van der Waals surface area contributed by atoms with E-state index in [0.29, 0.717) is 18.3 Å². The van der Waals surface area contributed by atoms with Gasteiger partial charge in [0.2, 0.25) is 15.7 Å². The molecule has 1 aliphatic rings. The summed E-state index contributed by atoms with van der Waals surface area (Å²) in [7, 11) is -1.84. The lowest BCUT2D eigenvalue weighted by Gasteiger charge is -2.08. The van der Waals surface area contributed by atoms with Crippen LogP contribution in [0.5, 0.6) is 0 Å². The van der Waals surface area contributed by atoms with Crippen LogP contribution in [0.1, 0.15) is 35.7 Å². The molecule has 1 fully saturated rings. The standard InChI is InChI=1S/C17H20N6O2S/c1-18-26(24,25)11-13-4-2-12(3-5-13)10-20-15-17-22-21-16(14-6-7-14)23(17)9-8-19-15/h2-5,8-9,14,18H,6-7,10-11H2,1H3,(H,19,20). The molecule has 9 heteroatoms. The largest absolute Gasteiger partial charge is 0.363 e. The molecule has 2 heterocycles. The normalized spacial score (nSPS) is 14.7. The number of nitrogens with zero attached hydrogens (tertiary/aromatic N) is 4. The molecule has 4 rings (SSSR count). The number of fused-ring (bicyclic) bond motifs is 1. The highest BCUT2D eigenvalue weighted by Crippen LogP contribution is 2.39. The van der Waals surface area contributed by atoms with Crippen molar-refractivity contribution < 1.29 is 8.42 Å². The number of sulfonamides is 1. The maximum absolute atomic E-state index is 11.6. The van der Waals surface area contributed by atoms with Gasteiger partial charge >= 0.3 is 0 Å². The molecule has 26 heavy (non-hydrogen) atoms. The van der Waals surface area contributed by atoms with Crippen LogP contribution in [0.15, 0.2) is 36.7 Å². The van der Waals surface area contributed by atoms with E-state index in [9.17, 15) is 8.42 Å². The number of rotatable bonds is 7. The second-order valence-corrected chi connectivity index (χ2v) is 8.36. The Morgan fingerprint density at radius 3 is 2.58 bits per heavy atom. The average Bonchev–Trinajstić information content (AvgIpc) is 3.39. The van der Waals surface area contributed by atoms with Gasteiger partial charge in [-0.1, -0.05) is 24.3 Å². The summed E-state index contributed by atoms with van der Waals surface area (Å²) >= 11 is 0. The van der Waals surface area contributed by atoms with Gasteiger partial charge in [0.25, 0.3) is 0 Å². The number of aromatic nitrogens is 4. The summed E-state index contributed by atoms with van der Waals surface area (Å²) in [5, 5.41) is 11.9. The van der Waals surface area contributed by atoms with E-state index >= 15 is 0 Å². The second-order valence-electron chi connectivity index (χ2n) is 6.44. The van der Waals surface area contributed by atoms with Gasteiger partial charge in [0.1, 0.15) is 5.82 Å². The van der Waals surface area contributed by atoms with Gasteiger partial charge in [-0.15, -0.1) is 10.2 Å². The zero-order valence-corrected chi connectivity index (χ0v) is 15.2. The minimum atomic E-state index is -3.26. The predicted molar refractivity (Wildman–Crippen MR) is 98.2 cm³/mol. The Kier molecular flexibility index (Phi) is 4.33. The van der Waals surface area contributed by atoms with Crippen molar-refractivity contribution in [2.75, 3.05) is 12.4 Å². The van der Waals surface area contributed by atoms with Crippen molar-refractivity contribution in [1.29, 1.82) is 0 Å². The first-order valence-electron chi connectivity index (χ1n) is 8.48. The Balaban J connectivity index is 1.46. The maximum Gasteiger partial charge on any atom is 0.215 e. The minimum Gasteiger partial charge on any atom is -0.363 e. The third-order valence-corrected chi connectivity index (χ3v) is 5.78. The van der Waals surface area contributed by atoms with Crippen molar-refractivity contribution in [1.82, 2.24) is 24.3 Å². The highest BCUT2D eigenvalue weighted by Gasteiger charge is 2.29. The van der Waals surface area contributed by atoms with Crippen LogP contribution in [0.2, 0.25) is 0 Å². The Morgan fingerprint density at radius 1 is 1.15 bits per heavy atom. The topological polar surface area (TPSA) is 101 Å². The van der Waals surface area contributed by atoms with Crippen LogP contribution in [0, 0.1) is 0 Å². The zero-order chi connectivity index (χ0) is 18.1. The van der Waals surface area contributed by atoms with Gasteiger partial charge in [0.15, 0.2) is 5.82 Å². The number of hydrogen-bond acceptors (Lipinski definition) is 6. The molecular formula is C17H20N6O2S. The van der Waals surface area contributed by atoms with Gasteiger partial charge < -0.3 is 5.32 Å². The lowest BCUT2D eigenvalue weighted by atomic mass is 10.1. The Bertz CT molecular complexity index is 1030. The van der Waals surface area contributed by atoms with Crippen molar-refractivity contribution in [2.24, 2.45) is 0 Å². The molecule has 0 radical (unpaired) electrons. The average molecular weight is 372 g/mol. The van der Waals surface area contributed by atoms with Gasteiger partial charge in [-0.25, -0.2) is 18.1 Å². The van der Waals surface area contributed by atoms with E-state index in [-0.39, 0.29) is 5.75 Å². The molecule has 0 spiro atoms. The highest BCUT2D eigenvalue weighted by molar-refractivity contribution is 7.88. The quantitative estimate of drug-likeness (QED) is 0.654. The fraction of sp³-hybridized carbons (Fsp3) is 0.353. The summed E-state index contributed by atoms with van der Waals surface area (Å²) in [6.45, 7) is 0.567. The fourth-order valence-corrected chi connectivity index (χ4v) is 3.60. The number of nitrogens with one attached hydrogen (secondary N) is 2. The first-order chi connectivity index (χ1) is 12.6. The molecule has 0 aliphatic heterocycles. The summed E-state index contributed by atoms with van der Waals surface area (Å²) in [5.74, 6) is 2.18. The van der Waals surface area contributed by atoms with Crippen LogP contribution in [0.25, 0.3) is 5.65 Å². The molecule has 0 saturated heterocycles. The SMILES string of the molecule is CNS(=O)(=O)Cc1ccc(CNc2nccn3c(C4CC4)nnc23)cc1. The second kappa shape index (κ2) is 6.65. The maximum atomic E-state index is 11.6. The van der Waals surface area contributed by atoms with Crippen molar-refractivity contribution in [3.63, 3.8) is 0 Å². The molecule has 2 aromatic heterocycles. The molecule has 8 nitrogen and oxygen atoms in total. The number of anilines is 1. The van der Waals surface area contributed by atoms with Gasteiger partial charge in [-0.05, 0) is 31.0 Å². The first-order valence-corrected chi connectivity index (χ1v) is 10.1. The molecule has 1 saturated carbocycles. The van der Waals surface area contributed by atoms with Crippen molar-refractivity contribution in [3.05, 3.63) is 53.6 Å². The molecule has 0 atom stereocenters. The van der Waals surface area contributed by atoms with Crippen molar-refractivity contribution in [3.8, 4) is 0 Å². The van der Waals surface area contributed by atoms with Gasteiger partial charge in [0, 0.05) is 24.9 Å². The van der Waals surface area contributed by atoms with E-state index in [1.54, 1.807) is 6.20 Å². The summed E-state index contributed by atoms with van der Waals surface area (Å²) in [5.41, 5.74) is 2.50. The smallest absolute Gasteiger partial charge is 0.215 e. The number of hydrogen-bond donors (Lipinski definition) is 2. The lowest BCUT2D eigenvalue weighted by Crippen LogP contribution is -2.20. The molecule has 2 N–H and O–H groups in total. The molecule has 3 aromatic rings. The van der Waals surface area contributed by atoms with Crippen LogP contribution >= 0.6 is 0 Å². The van der Waals surface area contributed by atoms with E-state index in [1.807, 2.05) is 34.9 Å². The third kappa shape index (κ3) is 3.54. The summed E-state index contributed by atoms with van der Waals surface area (Å²) in [6.07, 6.45) is 5.98. The fourth-order valence-electron chi connectivity index (χ4n) is 2.82. The van der Waals surface area contributed by atoms with Gasteiger partial charge in [-0.3, -0.25) is 4.40 Å². The van der Waals surface area contributed by atoms with E-state index in [1.165, 1.54) is 19.9 Å². The molecule has 136 valence electrons. The predicted octanol–water partition coefficient (Wildman–Crippen LogP) is 1.66. The van der Waals surface area contributed by atoms with E-state index in [2.05, 4.69) is 25.2 Å². The summed E-state index contributed by atoms with van der Waals surface area (Å²) < 4.78 is 27.5. The molecular weight excluding hydrogens is 352 g/mol. The molecule has 0 unspecified atom stereocenters. The van der Waals surface area contributed by atoms with Crippen LogP contribution in [-0.4, -0.2) is 35.0 Å². The van der Waals surface area contributed by atoms with Crippen LogP contribution < -0.4 is 10.0 Å². The molecule has 1 aliphatic carbocycles. The van der Waals surface area contributed by atoms with Crippen LogP contribution in [-0.2, 0) is 22.3 Å². The minimum absolute atomic E-state index is 0.0260. The monoisotopic (exact) mass is 372 g/mol. The van der Waals surface area contributed by atoms with Crippen molar-refractivity contribution in [2.45, 2.75) is 31.1 Å². The lowest BCUT2D eigenvalue weighted by molar-refractivity contribution is 0.587. The van der Waals surface area contributed by atoms with Crippen LogP contribution in [0.4, 0.5) is 5.82 Å². The molecule has 1 aromatic carbocycles.